The summed E-state index contributed by atoms with van der Waals surface area (Å²) < 4.78 is 24.6. The second-order valence-electron chi connectivity index (χ2n) is 5.94. The number of rotatable bonds is 6. The van der Waals surface area contributed by atoms with Crippen LogP contribution in [-0.4, -0.2) is 30.6 Å². The second-order valence-corrected chi connectivity index (χ2v) is 6.35. The van der Waals surface area contributed by atoms with Crippen LogP contribution in [0, 0.1) is 5.82 Å². The molecule has 3 amide bonds. The zero-order chi connectivity index (χ0) is 20.3. The molecule has 28 heavy (non-hydrogen) atoms. The van der Waals surface area contributed by atoms with Crippen LogP contribution in [0.3, 0.4) is 0 Å². The normalized spacial score (nSPS) is 15.1. The first-order chi connectivity index (χ1) is 13.4. The quantitative estimate of drug-likeness (QED) is 0.584. The smallest absolute Gasteiger partial charge is 0.329 e. The Morgan fingerprint density at radius 3 is 2.68 bits per heavy atom. The molecule has 2 aromatic carbocycles. The number of amides is 3. The number of carbonyl (C=O) groups excluding carboxylic acids is 2. The van der Waals surface area contributed by atoms with Gasteiger partial charge >= 0.3 is 6.03 Å². The van der Waals surface area contributed by atoms with Gasteiger partial charge in [-0.15, -0.1) is 0 Å². The molecule has 0 bridgehead atoms. The Morgan fingerprint density at radius 1 is 1.25 bits per heavy atom. The Bertz CT molecular complexity index is 961. The SMILES string of the molecule is CCOc1c(Cl)cc(/C=C2/NC(=O)N(Cc3ccccc3F)C2=O)cc1OC. The van der Waals surface area contributed by atoms with Crippen molar-refractivity contribution < 1.29 is 23.5 Å². The second kappa shape index (κ2) is 8.31. The first-order valence-electron chi connectivity index (χ1n) is 8.52. The summed E-state index contributed by atoms with van der Waals surface area (Å²) in [6.07, 6.45) is 1.48. The van der Waals surface area contributed by atoms with E-state index in [1.807, 2.05) is 6.92 Å². The van der Waals surface area contributed by atoms with Crippen LogP contribution in [0.15, 0.2) is 42.1 Å². The van der Waals surface area contributed by atoms with Crippen molar-refractivity contribution in [3.8, 4) is 11.5 Å². The van der Waals surface area contributed by atoms with Crippen molar-refractivity contribution in [3.63, 3.8) is 0 Å². The van der Waals surface area contributed by atoms with Gasteiger partial charge in [-0.1, -0.05) is 29.8 Å². The molecule has 1 fully saturated rings. The summed E-state index contributed by atoms with van der Waals surface area (Å²) in [6, 6.07) is 8.60. The topological polar surface area (TPSA) is 67.9 Å². The molecular formula is C20H18ClFN2O4. The average molecular weight is 405 g/mol. The van der Waals surface area contributed by atoms with Gasteiger partial charge in [0.1, 0.15) is 11.5 Å². The molecule has 0 radical (unpaired) electrons. The van der Waals surface area contributed by atoms with E-state index in [0.29, 0.717) is 28.7 Å². The van der Waals surface area contributed by atoms with Gasteiger partial charge in [-0.25, -0.2) is 9.18 Å². The lowest BCUT2D eigenvalue weighted by atomic mass is 10.1. The summed E-state index contributed by atoms with van der Waals surface area (Å²) in [5.41, 5.74) is 0.850. The van der Waals surface area contributed by atoms with Crippen molar-refractivity contribution >= 4 is 29.6 Å². The summed E-state index contributed by atoms with van der Waals surface area (Å²) >= 11 is 6.24. The lowest BCUT2D eigenvalue weighted by Gasteiger charge is -2.12. The average Bonchev–Trinajstić information content (AvgIpc) is 2.92. The number of carbonyl (C=O) groups is 2. The lowest BCUT2D eigenvalue weighted by molar-refractivity contribution is -0.123. The van der Waals surface area contributed by atoms with Gasteiger partial charge in [0.05, 0.1) is 25.3 Å². The number of imide groups is 1. The largest absolute Gasteiger partial charge is 0.493 e. The number of nitrogens with zero attached hydrogens (tertiary/aromatic N) is 1. The van der Waals surface area contributed by atoms with Crippen LogP contribution in [-0.2, 0) is 11.3 Å². The number of hydrogen-bond acceptors (Lipinski definition) is 4. The molecule has 0 unspecified atom stereocenters. The van der Waals surface area contributed by atoms with Gasteiger partial charge in [-0.05, 0) is 36.8 Å². The minimum Gasteiger partial charge on any atom is -0.493 e. The Labute approximate surface area is 166 Å². The predicted octanol–water partition coefficient (Wildman–Crippen LogP) is 3.98. The van der Waals surface area contributed by atoms with Crippen LogP contribution in [0.4, 0.5) is 9.18 Å². The van der Waals surface area contributed by atoms with Gasteiger partial charge < -0.3 is 14.8 Å². The van der Waals surface area contributed by atoms with E-state index in [4.69, 9.17) is 21.1 Å². The number of benzene rings is 2. The van der Waals surface area contributed by atoms with Crippen LogP contribution in [0.2, 0.25) is 5.02 Å². The van der Waals surface area contributed by atoms with Crippen molar-refractivity contribution in [2.45, 2.75) is 13.5 Å². The summed E-state index contributed by atoms with van der Waals surface area (Å²) in [6.45, 7) is 2.07. The Morgan fingerprint density at radius 2 is 2.00 bits per heavy atom. The zero-order valence-electron chi connectivity index (χ0n) is 15.3. The molecule has 0 saturated carbocycles. The van der Waals surface area contributed by atoms with Gasteiger partial charge in [0.2, 0.25) is 0 Å². The van der Waals surface area contributed by atoms with Crippen LogP contribution in [0.1, 0.15) is 18.1 Å². The Hall–Kier alpha value is -3.06. The number of nitrogens with one attached hydrogen (secondary N) is 1. The maximum atomic E-state index is 13.8. The molecule has 3 rings (SSSR count). The Balaban J connectivity index is 1.87. The highest BCUT2D eigenvalue weighted by molar-refractivity contribution is 6.32. The number of ether oxygens (including phenoxy) is 2. The molecule has 146 valence electrons. The summed E-state index contributed by atoms with van der Waals surface area (Å²) in [4.78, 5) is 25.7. The molecular weight excluding hydrogens is 387 g/mol. The van der Waals surface area contributed by atoms with Crippen LogP contribution >= 0.6 is 11.6 Å². The van der Waals surface area contributed by atoms with E-state index < -0.39 is 17.8 Å². The number of urea groups is 1. The minimum atomic E-state index is -0.622. The van der Waals surface area contributed by atoms with E-state index in [-0.39, 0.29) is 17.8 Å². The zero-order valence-corrected chi connectivity index (χ0v) is 16.0. The van der Waals surface area contributed by atoms with Crippen molar-refractivity contribution in [2.24, 2.45) is 0 Å². The molecule has 8 heteroatoms. The molecule has 2 aromatic rings. The molecule has 1 saturated heterocycles. The summed E-state index contributed by atoms with van der Waals surface area (Å²) in [5, 5.41) is 2.81. The first-order valence-corrected chi connectivity index (χ1v) is 8.90. The fraction of sp³-hybridized carbons (Fsp3) is 0.200. The Kier molecular flexibility index (Phi) is 5.84. The minimum absolute atomic E-state index is 0.0589. The van der Waals surface area contributed by atoms with Gasteiger partial charge in [0, 0.05) is 5.56 Å². The molecule has 0 spiro atoms. The third-order valence-corrected chi connectivity index (χ3v) is 4.38. The fourth-order valence-corrected chi connectivity index (χ4v) is 3.06. The summed E-state index contributed by atoms with van der Waals surface area (Å²) in [5.74, 6) is -0.237. The van der Waals surface area contributed by atoms with Gasteiger partial charge in [0.15, 0.2) is 11.5 Å². The van der Waals surface area contributed by atoms with E-state index >= 15 is 0 Å². The molecule has 1 heterocycles. The molecule has 0 aliphatic carbocycles. The third-order valence-electron chi connectivity index (χ3n) is 4.10. The number of methoxy groups -OCH3 is 1. The van der Waals surface area contributed by atoms with Gasteiger partial charge in [-0.2, -0.15) is 0 Å². The third kappa shape index (κ3) is 3.94. The van der Waals surface area contributed by atoms with Crippen LogP contribution in [0.25, 0.3) is 6.08 Å². The molecule has 6 nitrogen and oxygen atoms in total. The summed E-state index contributed by atoms with van der Waals surface area (Å²) in [7, 11) is 1.48. The predicted molar refractivity (Wildman–Crippen MR) is 103 cm³/mol. The van der Waals surface area contributed by atoms with E-state index in [2.05, 4.69) is 5.32 Å². The first kappa shape index (κ1) is 19.7. The highest BCUT2D eigenvalue weighted by atomic mass is 35.5. The number of hydrogen-bond donors (Lipinski definition) is 1. The van der Waals surface area contributed by atoms with E-state index in [1.165, 1.54) is 25.3 Å². The highest BCUT2D eigenvalue weighted by Gasteiger charge is 2.34. The van der Waals surface area contributed by atoms with Crippen LogP contribution < -0.4 is 14.8 Å². The molecule has 0 aromatic heterocycles. The maximum Gasteiger partial charge on any atom is 0.329 e. The fourth-order valence-electron chi connectivity index (χ4n) is 2.79. The standard InChI is InChI=1S/C20H18ClFN2O4/c1-3-28-18-14(21)8-12(10-17(18)27-2)9-16-19(25)24(20(26)23-16)11-13-6-4-5-7-15(13)22/h4-10H,3,11H2,1-2H3,(H,23,26)/b16-9+. The highest BCUT2D eigenvalue weighted by Crippen LogP contribution is 2.37. The monoisotopic (exact) mass is 404 g/mol. The lowest BCUT2D eigenvalue weighted by Crippen LogP contribution is -2.30. The molecule has 1 aliphatic heterocycles. The van der Waals surface area contributed by atoms with Crippen molar-refractivity contribution in [2.75, 3.05) is 13.7 Å². The molecule has 0 atom stereocenters. The van der Waals surface area contributed by atoms with Gasteiger partial charge in [-0.3, -0.25) is 9.69 Å². The molecule has 1 aliphatic rings. The van der Waals surface area contributed by atoms with Crippen LogP contribution in [0.5, 0.6) is 11.5 Å². The van der Waals surface area contributed by atoms with Crippen molar-refractivity contribution in [3.05, 3.63) is 64.1 Å². The van der Waals surface area contributed by atoms with E-state index in [0.717, 1.165) is 4.90 Å². The number of halogens is 2. The molecule has 1 N–H and O–H groups in total. The van der Waals surface area contributed by atoms with Crippen molar-refractivity contribution in [1.82, 2.24) is 10.2 Å². The van der Waals surface area contributed by atoms with E-state index in [1.54, 1.807) is 24.3 Å². The maximum absolute atomic E-state index is 13.8. The van der Waals surface area contributed by atoms with Crippen molar-refractivity contribution in [1.29, 1.82) is 0 Å². The van der Waals surface area contributed by atoms with Gasteiger partial charge in [0.25, 0.3) is 5.91 Å². The van der Waals surface area contributed by atoms with E-state index in [9.17, 15) is 14.0 Å².